The molecule has 0 spiro atoms. The van der Waals surface area contributed by atoms with E-state index in [0.717, 1.165) is 19.3 Å². The summed E-state index contributed by atoms with van der Waals surface area (Å²) in [5.74, 6) is 1.23. The van der Waals surface area contributed by atoms with Gasteiger partial charge in [-0.15, -0.1) is 0 Å². The van der Waals surface area contributed by atoms with Crippen LogP contribution in [0, 0.1) is 0 Å². The molecule has 0 radical (unpaired) electrons. The second kappa shape index (κ2) is 7.84. The number of nitrogens with one attached hydrogen (secondary N) is 1. The van der Waals surface area contributed by atoms with Gasteiger partial charge in [-0.1, -0.05) is 6.92 Å². The van der Waals surface area contributed by atoms with Crippen LogP contribution in [-0.2, 0) is 0 Å². The number of hydrogen-bond acceptors (Lipinski definition) is 5. The summed E-state index contributed by atoms with van der Waals surface area (Å²) in [6.07, 6.45) is 4.69. The van der Waals surface area contributed by atoms with Crippen LogP contribution < -0.4 is 15.8 Å². The van der Waals surface area contributed by atoms with Crippen molar-refractivity contribution in [3.63, 3.8) is 0 Å². The van der Waals surface area contributed by atoms with Crippen LogP contribution in [0.5, 0.6) is 5.88 Å². The Morgan fingerprint density at radius 2 is 2.35 bits per heavy atom. The fraction of sp³-hybridized carbons (Fsp3) is 0.667. The van der Waals surface area contributed by atoms with Gasteiger partial charge in [0, 0.05) is 18.3 Å². The molecule has 3 N–H and O–H groups in total. The minimum Gasteiger partial charge on any atom is -0.478 e. The lowest BCUT2D eigenvalue weighted by Crippen LogP contribution is -2.18. The van der Waals surface area contributed by atoms with Crippen molar-refractivity contribution in [2.75, 3.05) is 18.5 Å². The van der Waals surface area contributed by atoms with Gasteiger partial charge in [-0.2, -0.15) is 4.98 Å². The van der Waals surface area contributed by atoms with Crippen molar-refractivity contribution in [2.45, 2.75) is 39.2 Å². The second-order valence-corrected chi connectivity index (χ2v) is 4.04. The Morgan fingerprint density at radius 3 is 3.06 bits per heavy atom. The summed E-state index contributed by atoms with van der Waals surface area (Å²) in [6.45, 7) is 5.56. The summed E-state index contributed by atoms with van der Waals surface area (Å²) in [4.78, 5) is 8.44. The molecule has 0 aromatic carbocycles. The highest BCUT2D eigenvalue weighted by Crippen LogP contribution is 2.10. The van der Waals surface area contributed by atoms with E-state index >= 15 is 0 Å². The highest BCUT2D eigenvalue weighted by atomic mass is 16.5. The van der Waals surface area contributed by atoms with Gasteiger partial charge in [0.05, 0.1) is 6.61 Å². The fourth-order valence-electron chi connectivity index (χ4n) is 1.42. The molecule has 0 aliphatic rings. The van der Waals surface area contributed by atoms with E-state index in [1.165, 1.54) is 0 Å². The topological polar surface area (TPSA) is 73.1 Å². The molecule has 1 atom stereocenters. The van der Waals surface area contributed by atoms with Crippen LogP contribution in [0.2, 0.25) is 0 Å². The summed E-state index contributed by atoms with van der Waals surface area (Å²) >= 11 is 0. The SMILES string of the molecule is CCCOc1ccnc(NC(C)CCCN)n1. The molecule has 0 bridgehead atoms. The van der Waals surface area contributed by atoms with Gasteiger partial charge in [-0.05, 0) is 32.7 Å². The predicted molar refractivity (Wildman–Crippen MR) is 69.2 cm³/mol. The normalized spacial score (nSPS) is 12.2. The zero-order valence-electron chi connectivity index (χ0n) is 10.6. The van der Waals surface area contributed by atoms with Gasteiger partial charge in [-0.25, -0.2) is 4.98 Å². The van der Waals surface area contributed by atoms with Gasteiger partial charge < -0.3 is 15.8 Å². The van der Waals surface area contributed by atoms with Crippen molar-refractivity contribution < 1.29 is 4.74 Å². The summed E-state index contributed by atoms with van der Waals surface area (Å²) in [5.41, 5.74) is 5.47. The van der Waals surface area contributed by atoms with Crippen LogP contribution in [0.25, 0.3) is 0 Å². The molecule has 0 saturated carbocycles. The van der Waals surface area contributed by atoms with Crippen LogP contribution in [0.3, 0.4) is 0 Å². The van der Waals surface area contributed by atoms with Crippen LogP contribution >= 0.6 is 0 Å². The van der Waals surface area contributed by atoms with Gasteiger partial charge in [0.15, 0.2) is 0 Å². The lowest BCUT2D eigenvalue weighted by molar-refractivity contribution is 0.305. The molecule has 1 rings (SSSR count). The summed E-state index contributed by atoms with van der Waals surface area (Å²) < 4.78 is 5.45. The lowest BCUT2D eigenvalue weighted by atomic mass is 10.2. The van der Waals surface area contributed by atoms with Crippen LogP contribution in [0.15, 0.2) is 12.3 Å². The maximum atomic E-state index is 5.47. The van der Waals surface area contributed by atoms with Crippen molar-refractivity contribution in [1.29, 1.82) is 0 Å². The van der Waals surface area contributed by atoms with Gasteiger partial charge >= 0.3 is 0 Å². The molecular formula is C12H22N4O. The molecule has 17 heavy (non-hydrogen) atoms. The smallest absolute Gasteiger partial charge is 0.226 e. The largest absolute Gasteiger partial charge is 0.478 e. The van der Waals surface area contributed by atoms with E-state index in [1.807, 2.05) is 0 Å². The highest BCUT2D eigenvalue weighted by Gasteiger charge is 2.04. The van der Waals surface area contributed by atoms with Gasteiger partial charge in [-0.3, -0.25) is 0 Å². The van der Waals surface area contributed by atoms with E-state index in [2.05, 4.69) is 29.1 Å². The number of hydrogen-bond donors (Lipinski definition) is 2. The first-order valence-corrected chi connectivity index (χ1v) is 6.18. The standard InChI is InChI=1S/C12H22N4O/c1-3-9-17-11-6-8-14-12(16-11)15-10(2)5-4-7-13/h6,8,10H,3-5,7,9,13H2,1-2H3,(H,14,15,16). The third-order valence-corrected chi connectivity index (χ3v) is 2.30. The zero-order chi connectivity index (χ0) is 12.5. The van der Waals surface area contributed by atoms with Crippen LogP contribution in [0.1, 0.15) is 33.1 Å². The van der Waals surface area contributed by atoms with Gasteiger partial charge in [0.2, 0.25) is 11.8 Å². The number of aromatic nitrogens is 2. The summed E-state index contributed by atoms with van der Waals surface area (Å²) in [6, 6.07) is 2.09. The van der Waals surface area contributed by atoms with Crippen molar-refractivity contribution in [3.05, 3.63) is 12.3 Å². The molecule has 96 valence electrons. The average molecular weight is 238 g/mol. The molecule has 1 heterocycles. The van der Waals surface area contributed by atoms with Gasteiger partial charge in [0.1, 0.15) is 0 Å². The molecule has 5 heteroatoms. The quantitative estimate of drug-likeness (QED) is 0.722. The molecule has 0 amide bonds. The molecule has 0 aliphatic carbocycles. The lowest BCUT2D eigenvalue weighted by Gasteiger charge is -2.13. The van der Waals surface area contributed by atoms with E-state index in [9.17, 15) is 0 Å². The highest BCUT2D eigenvalue weighted by molar-refractivity contribution is 5.28. The molecule has 0 fully saturated rings. The van der Waals surface area contributed by atoms with E-state index in [1.54, 1.807) is 12.3 Å². The average Bonchev–Trinajstić information content (AvgIpc) is 2.34. The first-order valence-electron chi connectivity index (χ1n) is 6.18. The van der Waals surface area contributed by atoms with E-state index in [0.29, 0.717) is 31.0 Å². The van der Waals surface area contributed by atoms with E-state index in [-0.39, 0.29) is 0 Å². The van der Waals surface area contributed by atoms with Gasteiger partial charge in [0.25, 0.3) is 0 Å². The van der Waals surface area contributed by atoms with E-state index < -0.39 is 0 Å². The second-order valence-electron chi connectivity index (χ2n) is 4.04. The number of ether oxygens (including phenoxy) is 1. The molecule has 0 aliphatic heterocycles. The third kappa shape index (κ3) is 5.49. The minimum absolute atomic E-state index is 0.319. The monoisotopic (exact) mass is 238 g/mol. The Balaban J connectivity index is 2.47. The number of nitrogens with zero attached hydrogens (tertiary/aromatic N) is 2. The Labute approximate surface area is 103 Å². The molecular weight excluding hydrogens is 216 g/mol. The molecule has 1 aromatic rings. The van der Waals surface area contributed by atoms with Crippen molar-refractivity contribution in [1.82, 2.24) is 9.97 Å². The Morgan fingerprint density at radius 1 is 1.53 bits per heavy atom. The third-order valence-electron chi connectivity index (χ3n) is 2.30. The first-order chi connectivity index (χ1) is 8.26. The van der Waals surface area contributed by atoms with Crippen molar-refractivity contribution in [2.24, 2.45) is 5.73 Å². The maximum Gasteiger partial charge on any atom is 0.226 e. The summed E-state index contributed by atoms with van der Waals surface area (Å²) in [7, 11) is 0. The molecule has 0 saturated heterocycles. The van der Waals surface area contributed by atoms with Crippen molar-refractivity contribution >= 4 is 5.95 Å². The maximum absolute atomic E-state index is 5.47. The Bertz CT molecular complexity index is 319. The Kier molecular flexibility index (Phi) is 6.32. The predicted octanol–water partition coefficient (Wildman–Crippen LogP) is 1.80. The first kappa shape index (κ1) is 13.7. The minimum atomic E-state index is 0.319. The molecule has 5 nitrogen and oxygen atoms in total. The number of nitrogens with two attached hydrogens (primary N) is 1. The zero-order valence-corrected chi connectivity index (χ0v) is 10.6. The fourth-order valence-corrected chi connectivity index (χ4v) is 1.42. The van der Waals surface area contributed by atoms with Crippen molar-refractivity contribution in [3.8, 4) is 5.88 Å². The number of rotatable bonds is 8. The van der Waals surface area contributed by atoms with E-state index in [4.69, 9.17) is 10.5 Å². The van der Waals surface area contributed by atoms with Crippen LogP contribution in [0.4, 0.5) is 5.95 Å². The Hall–Kier alpha value is -1.36. The molecule has 1 unspecified atom stereocenters. The molecule has 1 aromatic heterocycles. The van der Waals surface area contributed by atoms with Crippen LogP contribution in [-0.4, -0.2) is 29.2 Å². The number of anilines is 1. The summed E-state index contributed by atoms with van der Waals surface area (Å²) in [5, 5.41) is 3.24.